The van der Waals surface area contributed by atoms with E-state index in [1.165, 1.54) is 13.2 Å². The van der Waals surface area contributed by atoms with Gasteiger partial charge >= 0.3 is 5.97 Å². The Morgan fingerprint density at radius 1 is 1.47 bits per heavy atom. The van der Waals surface area contributed by atoms with Gasteiger partial charge in [-0.05, 0) is 24.6 Å². The van der Waals surface area contributed by atoms with E-state index < -0.39 is 22.0 Å². The van der Waals surface area contributed by atoms with E-state index in [-0.39, 0.29) is 12.4 Å². The van der Waals surface area contributed by atoms with E-state index in [0.29, 0.717) is 11.1 Å². The first kappa shape index (κ1) is 15.6. The van der Waals surface area contributed by atoms with Gasteiger partial charge in [0.25, 0.3) is 0 Å². The van der Waals surface area contributed by atoms with E-state index in [4.69, 9.17) is 5.11 Å². The third-order valence-corrected chi connectivity index (χ3v) is 3.83. The molecular weight excluding hydrogens is 270 g/mol. The summed E-state index contributed by atoms with van der Waals surface area (Å²) in [4.78, 5) is 11.3. The van der Waals surface area contributed by atoms with Gasteiger partial charge in [-0.25, -0.2) is 17.9 Å². The number of methoxy groups -OCH3 is 1. The molecule has 0 amide bonds. The first-order chi connectivity index (χ1) is 8.88. The molecule has 1 rings (SSSR count). The van der Waals surface area contributed by atoms with Gasteiger partial charge in [-0.15, -0.1) is 0 Å². The summed E-state index contributed by atoms with van der Waals surface area (Å²) in [6.07, 6.45) is 0. The molecule has 19 heavy (non-hydrogen) atoms. The molecule has 0 unspecified atom stereocenters. The lowest BCUT2D eigenvalue weighted by molar-refractivity contribution is 0.0600. The number of sulfonamides is 1. The third kappa shape index (κ3) is 4.98. The standard InChI is InChI=1S/C12H17NO5S/c1-9(7-14)13-19(16,17)8-10-4-3-5-11(6-10)12(15)18-2/h3-6,9,13-14H,7-8H2,1-2H3/t9-/m0/s1. The highest BCUT2D eigenvalue weighted by Crippen LogP contribution is 2.10. The van der Waals surface area contributed by atoms with E-state index in [2.05, 4.69) is 9.46 Å². The SMILES string of the molecule is COC(=O)c1cccc(CS(=O)(=O)N[C@@H](C)CO)c1. The van der Waals surface area contributed by atoms with Gasteiger partial charge in [0.1, 0.15) is 0 Å². The summed E-state index contributed by atoms with van der Waals surface area (Å²) in [5.74, 6) is -0.779. The number of ether oxygens (including phenoxy) is 1. The van der Waals surface area contributed by atoms with E-state index in [1.807, 2.05) is 0 Å². The van der Waals surface area contributed by atoms with Crippen molar-refractivity contribution >= 4 is 16.0 Å². The van der Waals surface area contributed by atoms with Crippen molar-refractivity contribution in [3.8, 4) is 0 Å². The highest BCUT2D eigenvalue weighted by Gasteiger charge is 2.15. The van der Waals surface area contributed by atoms with E-state index in [0.717, 1.165) is 0 Å². The van der Waals surface area contributed by atoms with Crippen LogP contribution in [0.5, 0.6) is 0 Å². The minimum atomic E-state index is -3.56. The lowest BCUT2D eigenvalue weighted by Crippen LogP contribution is -2.35. The fourth-order valence-corrected chi connectivity index (χ4v) is 2.90. The normalized spacial score (nSPS) is 13.0. The third-order valence-electron chi connectivity index (χ3n) is 2.36. The van der Waals surface area contributed by atoms with Crippen LogP contribution in [-0.4, -0.2) is 39.3 Å². The molecule has 1 aromatic rings. The van der Waals surface area contributed by atoms with Gasteiger partial charge in [0.05, 0.1) is 25.0 Å². The van der Waals surface area contributed by atoms with Crippen molar-refractivity contribution in [3.05, 3.63) is 35.4 Å². The topological polar surface area (TPSA) is 92.7 Å². The number of rotatable bonds is 6. The second-order valence-corrected chi connectivity index (χ2v) is 5.91. The van der Waals surface area contributed by atoms with Gasteiger partial charge in [-0.1, -0.05) is 12.1 Å². The molecule has 106 valence electrons. The molecule has 1 atom stereocenters. The highest BCUT2D eigenvalue weighted by atomic mass is 32.2. The maximum atomic E-state index is 11.8. The summed E-state index contributed by atoms with van der Waals surface area (Å²) >= 11 is 0. The van der Waals surface area contributed by atoms with Crippen LogP contribution in [0.4, 0.5) is 0 Å². The van der Waals surface area contributed by atoms with E-state index in [1.54, 1.807) is 25.1 Å². The number of hydrogen-bond donors (Lipinski definition) is 2. The number of nitrogens with one attached hydrogen (secondary N) is 1. The maximum Gasteiger partial charge on any atom is 0.337 e. The molecule has 0 saturated carbocycles. The van der Waals surface area contributed by atoms with Crippen LogP contribution in [0, 0.1) is 0 Å². The summed E-state index contributed by atoms with van der Waals surface area (Å²) in [5, 5.41) is 8.82. The van der Waals surface area contributed by atoms with Crippen LogP contribution >= 0.6 is 0 Å². The summed E-state index contributed by atoms with van der Waals surface area (Å²) in [6, 6.07) is 5.66. The molecule has 0 aliphatic carbocycles. The molecule has 0 aliphatic heterocycles. The smallest absolute Gasteiger partial charge is 0.337 e. The number of hydrogen-bond acceptors (Lipinski definition) is 5. The summed E-state index contributed by atoms with van der Waals surface area (Å²) in [5.41, 5.74) is 0.769. The van der Waals surface area contributed by atoms with Crippen molar-refractivity contribution in [2.24, 2.45) is 0 Å². The van der Waals surface area contributed by atoms with Crippen LogP contribution in [0.2, 0.25) is 0 Å². The lowest BCUT2D eigenvalue weighted by atomic mass is 10.1. The predicted molar refractivity (Wildman–Crippen MR) is 70.1 cm³/mol. The lowest BCUT2D eigenvalue weighted by Gasteiger charge is -2.11. The minimum Gasteiger partial charge on any atom is -0.465 e. The maximum absolute atomic E-state index is 11.8. The average Bonchev–Trinajstić information content (AvgIpc) is 2.36. The van der Waals surface area contributed by atoms with Gasteiger partial charge in [-0.2, -0.15) is 0 Å². The van der Waals surface area contributed by atoms with Crippen LogP contribution in [0.3, 0.4) is 0 Å². The Bertz CT molecular complexity index is 541. The van der Waals surface area contributed by atoms with Crippen molar-refractivity contribution in [2.45, 2.75) is 18.7 Å². The van der Waals surface area contributed by atoms with Crippen LogP contribution in [0.1, 0.15) is 22.8 Å². The van der Waals surface area contributed by atoms with E-state index >= 15 is 0 Å². The van der Waals surface area contributed by atoms with Crippen LogP contribution in [0.15, 0.2) is 24.3 Å². The largest absolute Gasteiger partial charge is 0.465 e. The van der Waals surface area contributed by atoms with Crippen LogP contribution in [-0.2, 0) is 20.5 Å². The molecule has 7 heteroatoms. The Balaban J connectivity index is 2.85. The molecule has 0 spiro atoms. The first-order valence-corrected chi connectivity index (χ1v) is 7.31. The molecule has 0 saturated heterocycles. The molecule has 1 aromatic carbocycles. The van der Waals surface area contributed by atoms with Gasteiger partial charge in [-0.3, -0.25) is 0 Å². The van der Waals surface area contributed by atoms with Crippen molar-refractivity contribution in [1.29, 1.82) is 0 Å². The van der Waals surface area contributed by atoms with E-state index in [9.17, 15) is 13.2 Å². The molecule has 6 nitrogen and oxygen atoms in total. The number of carbonyl (C=O) groups excluding carboxylic acids is 1. The second kappa shape index (κ2) is 6.65. The molecule has 0 fully saturated rings. The number of aliphatic hydroxyl groups excluding tert-OH is 1. The fraction of sp³-hybridized carbons (Fsp3) is 0.417. The van der Waals surface area contributed by atoms with Crippen LogP contribution in [0.25, 0.3) is 0 Å². The van der Waals surface area contributed by atoms with Crippen molar-refractivity contribution in [1.82, 2.24) is 4.72 Å². The summed E-state index contributed by atoms with van der Waals surface area (Å²) in [6.45, 7) is 1.28. The Hall–Kier alpha value is -1.44. The van der Waals surface area contributed by atoms with Gasteiger partial charge < -0.3 is 9.84 Å². The molecule has 0 aromatic heterocycles. The molecule has 2 N–H and O–H groups in total. The first-order valence-electron chi connectivity index (χ1n) is 5.66. The zero-order chi connectivity index (χ0) is 14.5. The minimum absolute atomic E-state index is 0.262. The molecule has 0 heterocycles. The molecule has 0 radical (unpaired) electrons. The number of benzene rings is 1. The molecular formula is C12H17NO5S. The molecule has 0 bridgehead atoms. The number of carbonyl (C=O) groups is 1. The number of aliphatic hydroxyl groups is 1. The summed E-state index contributed by atoms with van der Waals surface area (Å²) < 4.78 is 30.5. The Morgan fingerprint density at radius 3 is 2.74 bits per heavy atom. The molecule has 0 aliphatic rings. The Kier molecular flexibility index (Phi) is 5.46. The van der Waals surface area contributed by atoms with Crippen LogP contribution < -0.4 is 4.72 Å². The van der Waals surface area contributed by atoms with Crippen molar-refractivity contribution < 1.29 is 23.1 Å². The predicted octanol–water partition coefficient (Wildman–Crippen LogP) is 0.273. The zero-order valence-electron chi connectivity index (χ0n) is 10.8. The fourth-order valence-electron chi connectivity index (χ4n) is 1.51. The Morgan fingerprint density at radius 2 is 2.16 bits per heavy atom. The number of esters is 1. The second-order valence-electron chi connectivity index (χ2n) is 4.15. The zero-order valence-corrected chi connectivity index (χ0v) is 11.6. The highest BCUT2D eigenvalue weighted by molar-refractivity contribution is 7.88. The average molecular weight is 287 g/mol. The van der Waals surface area contributed by atoms with Gasteiger partial charge in [0.15, 0.2) is 0 Å². The summed E-state index contributed by atoms with van der Waals surface area (Å²) in [7, 11) is -2.30. The van der Waals surface area contributed by atoms with Gasteiger partial charge in [0.2, 0.25) is 10.0 Å². The quantitative estimate of drug-likeness (QED) is 0.733. The van der Waals surface area contributed by atoms with Gasteiger partial charge in [0, 0.05) is 6.04 Å². The van der Waals surface area contributed by atoms with Crippen molar-refractivity contribution in [2.75, 3.05) is 13.7 Å². The monoisotopic (exact) mass is 287 g/mol. The van der Waals surface area contributed by atoms with Crippen molar-refractivity contribution in [3.63, 3.8) is 0 Å². The Labute approximate surface area is 112 Å².